The summed E-state index contributed by atoms with van der Waals surface area (Å²) >= 11 is 0. The first-order valence-electron chi connectivity index (χ1n) is 10.6. The van der Waals surface area contributed by atoms with Gasteiger partial charge in [-0.2, -0.15) is 4.31 Å². The molecule has 1 N–H and O–H groups in total. The highest BCUT2D eigenvalue weighted by Crippen LogP contribution is 2.47. The number of benzene rings is 2. The number of rotatable bonds is 8. The van der Waals surface area contributed by atoms with Crippen LogP contribution < -0.4 is 5.32 Å². The smallest absolute Gasteiger partial charge is 0.243 e. The summed E-state index contributed by atoms with van der Waals surface area (Å²) in [4.78, 5) is 12.6. The number of hydrogen-bond donors (Lipinski definition) is 1. The number of carbonyl (C=O) groups is 1. The second kappa shape index (κ2) is 9.06. The molecular formula is C23H27FN2O4S. The number of amides is 1. The molecule has 4 rings (SSSR count). The Morgan fingerprint density at radius 1 is 1.03 bits per heavy atom. The maximum absolute atomic E-state index is 13.1. The van der Waals surface area contributed by atoms with Crippen molar-refractivity contribution in [2.75, 3.05) is 32.8 Å². The number of ether oxygens (including phenoxy) is 1. The van der Waals surface area contributed by atoms with Gasteiger partial charge < -0.3 is 10.1 Å². The zero-order valence-electron chi connectivity index (χ0n) is 17.3. The highest BCUT2D eigenvalue weighted by molar-refractivity contribution is 7.89. The largest absolute Gasteiger partial charge is 0.379 e. The van der Waals surface area contributed by atoms with E-state index in [1.807, 2.05) is 0 Å². The first kappa shape index (κ1) is 21.9. The lowest BCUT2D eigenvalue weighted by molar-refractivity contribution is -0.121. The molecule has 0 atom stereocenters. The first-order valence-corrected chi connectivity index (χ1v) is 12.0. The van der Waals surface area contributed by atoms with Crippen LogP contribution in [0.15, 0.2) is 53.4 Å². The molecule has 2 aromatic rings. The minimum absolute atomic E-state index is 0.0431. The van der Waals surface area contributed by atoms with E-state index in [9.17, 15) is 17.6 Å². The summed E-state index contributed by atoms with van der Waals surface area (Å²) < 4.78 is 45.1. The maximum atomic E-state index is 13.1. The third kappa shape index (κ3) is 5.14. The Kier molecular flexibility index (Phi) is 6.41. The van der Waals surface area contributed by atoms with Crippen molar-refractivity contribution in [3.63, 3.8) is 0 Å². The van der Waals surface area contributed by atoms with E-state index >= 15 is 0 Å². The van der Waals surface area contributed by atoms with Crippen molar-refractivity contribution in [2.45, 2.75) is 36.0 Å². The molecule has 1 saturated heterocycles. The van der Waals surface area contributed by atoms with Crippen LogP contribution >= 0.6 is 0 Å². The molecular weight excluding hydrogens is 419 g/mol. The molecule has 166 valence electrons. The fourth-order valence-corrected chi connectivity index (χ4v) is 5.31. The van der Waals surface area contributed by atoms with Crippen molar-refractivity contribution in [2.24, 2.45) is 0 Å². The molecule has 2 aliphatic rings. The molecule has 6 nitrogen and oxygen atoms in total. The van der Waals surface area contributed by atoms with E-state index < -0.39 is 10.0 Å². The monoisotopic (exact) mass is 446 g/mol. The number of morpholine rings is 1. The minimum atomic E-state index is -3.51. The fourth-order valence-electron chi connectivity index (χ4n) is 3.90. The summed E-state index contributed by atoms with van der Waals surface area (Å²) in [6.07, 6.45) is 2.83. The predicted molar refractivity (Wildman–Crippen MR) is 115 cm³/mol. The second-order valence-corrected chi connectivity index (χ2v) is 10.2. The third-order valence-corrected chi connectivity index (χ3v) is 8.02. The Morgan fingerprint density at radius 3 is 2.29 bits per heavy atom. The van der Waals surface area contributed by atoms with Crippen molar-refractivity contribution >= 4 is 15.9 Å². The SMILES string of the molecule is O=C(CCc1ccc(S(=O)(=O)N2CCOCC2)cc1)NCC1(c2ccc(F)cc2)CC1. The van der Waals surface area contributed by atoms with Gasteiger partial charge in [-0.05, 0) is 54.7 Å². The average molecular weight is 447 g/mol. The lowest BCUT2D eigenvalue weighted by Crippen LogP contribution is -2.40. The molecule has 0 spiro atoms. The van der Waals surface area contributed by atoms with E-state index in [-0.39, 0.29) is 22.0 Å². The normalized spacial score (nSPS) is 18.5. The van der Waals surface area contributed by atoms with Gasteiger partial charge in [0.05, 0.1) is 18.1 Å². The Balaban J connectivity index is 1.27. The lowest BCUT2D eigenvalue weighted by Gasteiger charge is -2.26. The second-order valence-electron chi connectivity index (χ2n) is 8.22. The lowest BCUT2D eigenvalue weighted by atomic mass is 9.96. The summed E-state index contributed by atoms with van der Waals surface area (Å²) in [6.45, 7) is 2.10. The van der Waals surface area contributed by atoms with E-state index in [0.29, 0.717) is 45.7 Å². The van der Waals surface area contributed by atoms with E-state index in [1.165, 1.54) is 16.4 Å². The predicted octanol–water partition coefficient (Wildman–Crippen LogP) is 2.63. The molecule has 0 radical (unpaired) electrons. The molecule has 1 aliphatic heterocycles. The zero-order chi connectivity index (χ0) is 21.9. The molecule has 1 saturated carbocycles. The molecule has 0 unspecified atom stereocenters. The van der Waals surface area contributed by atoms with E-state index in [1.54, 1.807) is 36.4 Å². The van der Waals surface area contributed by atoms with Crippen LogP contribution in [0.2, 0.25) is 0 Å². The van der Waals surface area contributed by atoms with Gasteiger partial charge in [-0.15, -0.1) is 0 Å². The molecule has 31 heavy (non-hydrogen) atoms. The van der Waals surface area contributed by atoms with E-state index in [4.69, 9.17) is 4.74 Å². The molecule has 8 heteroatoms. The highest BCUT2D eigenvalue weighted by Gasteiger charge is 2.44. The van der Waals surface area contributed by atoms with E-state index in [2.05, 4.69) is 5.32 Å². The number of carbonyl (C=O) groups excluding carboxylic acids is 1. The van der Waals surface area contributed by atoms with Gasteiger partial charge in [-0.3, -0.25) is 4.79 Å². The fraction of sp³-hybridized carbons (Fsp3) is 0.435. The molecule has 0 bridgehead atoms. The number of nitrogens with zero attached hydrogens (tertiary/aromatic N) is 1. The highest BCUT2D eigenvalue weighted by atomic mass is 32.2. The number of nitrogens with one attached hydrogen (secondary N) is 1. The van der Waals surface area contributed by atoms with Crippen LogP contribution in [0.25, 0.3) is 0 Å². The van der Waals surface area contributed by atoms with Crippen molar-refractivity contribution in [1.82, 2.24) is 9.62 Å². The van der Waals surface area contributed by atoms with Gasteiger partial charge in [0.15, 0.2) is 0 Å². The van der Waals surface area contributed by atoms with Crippen LogP contribution in [-0.2, 0) is 31.4 Å². The summed E-state index contributed by atoms with van der Waals surface area (Å²) in [5.74, 6) is -0.300. The van der Waals surface area contributed by atoms with Gasteiger partial charge in [0.1, 0.15) is 5.82 Å². The van der Waals surface area contributed by atoms with Crippen molar-refractivity contribution in [1.29, 1.82) is 0 Å². The topological polar surface area (TPSA) is 75.7 Å². The Labute approximate surface area is 182 Å². The quantitative estimate of drug-likeness (QED) is 0.677. The maximum Gasteiger partial charge on any atom is 0.243 e. The number of aryl methyl sites for hydroxylation is 1. The van der Waals surface area contributed by atoms with Crippen molar-refractivity contribution < 1.29 is 22.3 Å². The first-order chi connectivity index (χ1) is 14.9. The van der Waals surface area contributed by atoms with Gasteiger partial charge in [0.2, 0.25) is 15.9 Å². The summed E-state index contributed by atoms with van der Waals surface area (Å²) in [6, 6.07) is 13.2. The molecule has 1 heterocycles. The van der Waals surface area contributed by atoms with Crippen molar-refractivity contribution in [3.8, 4) is 0 Å². The van der Waals surface area contributed by atoms with Crippen LogP contribution in [0.5, 0.6) is 0 Å². The average Bonchev–Trinajstić information content (AvgIpc) is 3.59. The minimum Gasteiger partial charge on any atom is -0.379 e. The summed E-state index contributed by atoms with van der Waals surface area (Å²) in [5.41, 5.74) is 1.90. The molecule has 1 amide bonds. The number of hydrogen-bond acceptors (Lipinski definition) is 4. The Hall–Kier alpha value is -2.29. The molecule has 0 aromatic heterocycles. The van der Waals surface area contributed by atoms with E-state index in [0.717, 1.165) is 24.0 Å². The van der Waals surface area contributed by atoms with Crippen LogP contribution in [0.4, 0.5) is 4.39 Å². The molecule has 2 fully saturated rings. The number of halogens is 1. The van der Waals surface area contributed by atoms with Crippen molar-refractivity contribution in [3.05, 3.63) is 65.5 Å². The third-order valence-electron chi connectivity index (χ3n) is 6.11. The van der Waals surface area contributed by atoms with Gasteiger partial charge in [0.25, 0.3) is 0 Å². The Morgan fingerprint density at radius 2 is 1.68 bits per heavy atom. The van der Waals surface area contributed by atoms with Gasteiger partial charge in [-0.1, -0.05) is 24.3 Å². The summed E-state index contributed by atoms with van der Waals surface area (Å²) in [7, 11) is -3.51. The van der Waals surface area contributed by atoms with Crippen LogP contribution in [0.1, 0.15) is 30.4 Å². The standard InChI is InChI=1S/C23H27FN2O4S/c24-20-6-4-19(5-7-20)23(11-12-23)17-25-22(27)10-3-18-1-8-21(9-2-18)31(28,29)26-13-15-30-16-14-26/h1-2,4-9H,3,10-17H2,(H,25,27). The van der Waals surface area contributed by atoms with Crippen LogP contribution in [0.3, 0.4) is 0 Å². The number of sulfonamides is 1. The van der Waals surface area contributed by atoms with Crippen LogP contribution in [-0.4, -0.2) is 51.5 Å². The zero-order valence-corrected chi connectivity index (χ0v) is 18.2. The van der Waals surface area contributed by atoms with Gasteiger partial charge in [-0.25, -0.2) is 12.8 Å². The van der Waals surface area contributed by atoms with Gasteiger partial charge in [0, 0.05) is 31.5 Å². The van der Waals surface area contributed by atoms with Crippen LogP contribution in [0, 0.1) is 5.82 Å². The summed E-state index contributed by atoms with van der Waals surface area (Å²) in [5, 5.41) is 3.00. The molecule has 2 aromatic carbocycles. The van der Waals surface area contributed by atoms with Gasteiger partial charge >= 0.3 is 0 Å². The molecule has 1 aliphatic carbocycles. The Bertz CT molecular complexity index is 1010.